The SMILES string of the molecule is CCCO[P@@](=O)(Cl)OC. The van der Waals surface area contributed by atoms with Crippen LogP contribution in [-0.4, -0.2) is 13.7 Å². The second-order valence-electron chi connectivity index (χ2n) is 1.45. The van der Waals surface area contributed by atoms with Gasteiger partial charge in [-0.15, -0.1) is 0 Å². The van der Waals surface area contributed by atoms with Crippen LogP contribution in [0.25, 0.3) is 0 Å². The predicted octanol–water partition coefficient (Wildman–Crippen LogP) is 2.41. The summed E-state index contributed by atoms with van der Waals surface area (Å²) in [5.74, 6) is 0. The highest BCUT2D eigenvalue weighted by molar-refractivity contribution is 7.81. The van der Waals surface area contributed by atoms with Crippen molar-refractivity contribution in [1.82, 2.24) is 0 Å². The minimum absolute atomic E-state index is 0.370. The molecular weight excluding hydrogens is 162 g/mol. The smallest absolute Gasteiger partial charge is 0.300 e. The highest BCUT2D eigenvalue weighted by atomic mass is 35.7. The molecule has 0 aliphatic rings. The summed E-state index contributed by atoms with van der Waals surface area (Å²) < 4.78 is 19.6. The molecule has 0 spiro atoms. The van der Waals surface area contributed by atoms with Crippen molar-refractivity contribution in [2.75, 3.05) is 13.7 Å². The van der Waals surface area contributed by atoms with E-state index in [0.29, 0.717) is 6.61 Å². The third-order valence-corrected chi connectivity index (χ3v) is 2.30. The molecule has 3 nitrogen and oxygen atoms in total. The maximum Gasteiger partial charge on any atom is 0.423 e. The lowest BCUT2D eigenvalue weighted by Crippen LogP contribution is -1.87. The molecule has 0 heterocycles. The lowest BCUT2D eigenvalue weighted by atomic mass is 10.5. The molecule has 0 bridgehead atoms. The first-order valence-electron chi connectivity index (χ1n) is 2.62. The molecule has 0 amide bonds. The maximum atomic E-state index is 10.7. The number of halogens is 1. The van der Waals surface area contributed by atoms with Gasteiger partial charge in [0.1, 0.15) is 0 Å². The van der Waals surface area contributed by atoms with Gasteiger partial charge in [0.05, 0.1) is 6.61 Å². The predicted molar refractivity (Wildman–Crippen MR) is 36.7 cm³/mol. The van der Waals surface area contributed by atoms with Crippen molar-refractivity contribution >= 4 is 18.2 Å². The Labute approximate surface area is 59.6 Å². The van der Waals surface area contributed by atoms with E-state index < -0.39 is 6.95 Å². The van der Waals surface area contributed by atoms with E-state index in [-0.39, 0.29) is 0 Å². The molecule has 0 saturated carbocycles. The maximum absolute atomic E-state index is 10.7. The van der Waals surface area contributed by atoms with Crippen molar-refractivity contribution in [2.24, 2.45) is 0 Å². The molecule has 0 radical (unpaired) electrons. The summed E-state index contributed by atoms with van der Waals surface area (Å²) in [6.07, 6.45) is 0.778. The minimum Gasteiger partial charge on any atom is -0.300 e. The third kappa shape index (κ3) is 4.91. The van der Waals surface area contributed by atoms with E-state index >= 15 is 0 Å². The standard InChI is InChI=1S/C4H10ClO3P/c1-3-4-8-9(5,6)7-2/h3-4H2,1-2H3/t9-/m1/s1. The largest absolute Gasteiger partial charge is 0.423 e. The van der Waals surface area contributed by atoms with Crippen LogP contribution in [0.4, 0.5) is 0 Å². The average molecular weight is 173 g/mol. The van der Waals surface area contributed by atoms with Crippen molar-refractivity contribution in [1.29, 1.82) is 0 Å². The van der Waals surface area contributed by atoms with Gasteiger partial charge in [0.25, 0.3) is 0 Å². The van der Waals surface area contributed by atoms with Gasteiger partial charge in [-0.1, -0.05) is 6.92 Å². The van der Waals surface area contributed by atoms with E-state index in [0.717, 1.165) is 6.42 Å². The van der Waals surface area contributed by atoms with Gasteiger partial charge < -0.3 is 4.52 Å². The van der Waals surface area contributed by atoms with Crippen molar-refractivity contribution in [3.8, 4) is 0 Å². The molecule has 9 heavy (non-hydrogen) atoms. The number of rotatable bonds is 4. The second kappa shape index (κ2) is 4.29. The van der Waals surface area contributed by atoms with Gasteiger partial charge >= 0.3 is 6.95 Å². The van der Waals surface area contributed by atoms with Crippen LogP contribution >= 0.6 is 18.2 Å². The van der Waals surface area contributed by atoms with Crippen molar-refractivity contribution in [3.63, 3.8) is 0 Å². The summed E-state index contributed by atoms with van der Waals surface area (Å²) in [4.78, 5) is 0. The molecule has 0 aromatic rings. The molecule has 0 N–H and O–H groups in total. The van der Waals surface area contributed by atoms with Crippen LogP contribution in [0.2, 0.25) is 0 Å². The first-order chi connectivity index (χ1) is 4.12. The average Bonchev–Trinajstić information content (AvgIpc) is 1.84. The molecule has 0 unspecified atom stereocenters. The number of hydrogen-bond donors (Lipinski definition) is 0. The van der Waals surface area contributed by atoms with E-state index in [2.05, 4.69) is 9.05 Å². The van der Waals surface area contributed by atoms with Gasteiger partial charge in [0.2, 0.25) is 0 Å². The van der Waals surface area contributed by atoms with Crippen LogP contribution in [0.1, 0.15) is 13.3 Å². The van der Waals surface area contributed by atoms with Gasteiger partial charge in [-0.25, -0.2) is 4.57 Å². The normalized spacial score (nSPS) is 17.2. The second-order valence-corrected chi connectivity index (χ2v) is 4.17. The van der Waals surface area contributed by atoms with Crippen molar-refractivity contribution in [2.45, 2.75) is 13.3 Å². The molecule has 0 rings (SSSR count). The molecule has 0 saturated heterocycles. The summed E-state index contributed by atoms with van der Waals surface area (Å²) in [6, 6.07) is 0. The Morgan fingerprint density at radius 3 is 2.56 bits per heavy atom. The summed E-state index contributed by atoms with van der Waals surface area (Å²) in [5, 5.41) is 0. The number of hydrogen-bond acceptors (Lipinski definition) is 3. The minimum atomic E-state index is -3.22. The third-order valence-electron chi connectivity index (χ3n) is 0.668. The van der Waals surface area contributed by atoms with E-state index in [9.17, 15) is 4.57 Å². The molecular formula is C4H10ClO3P. The molecule has 0 aromatic carbocycles. The first kappa shape index (κ1) is 9.44. The topological polar surface area (TPSA) is 35.5 Å². The first-order valence-corrected chi connectivity index (χ1v) is 5.07. The highest BCUT2D eigenvalue weighted by Crippen LogP contribution is 2.52. The molecule has 1 atom stereocenters. The van der Waals surface area contributed by atoms with Crippen molar-refractivity contribution in [3.05, 3.63) is 0 Å². The van der Waals surface area contributed by atoms with E-state index in [4.69, 9.17) is 11.2 Å². The monoisotopic (exact) mass is 172 g/mol. The summed E-state index contributed by atoms with van der Waals surface area (Å²) in [5.41, 5.74) is 0. The van der Waals surface area contributed by atoms with Gasteiger partial charge in [0, 0.05) is 18.4 Å². The lowest BCUT2D eigenvalue weighted by Gasteiger charge is -2.05. The Kier molecular flexibility index (Phi) is 4.50. The summed E-state index contributed by atoms with van der Waals surface area (Å²) in [6.45, 7) is -0.953. The fraction of sp³-hybridized carbons (Fsp3) is 1.00. The Hall–Kier alpha value is 0.440. The molecule has 0 fully saturated rings. The fourth-order valence-corrected chi connectivity index (χ4v) is 0.966. The van der Waals surface area contributed by atoms with Crippen LogP contribution in [0.3, 0.4) is 0 Å². The van der Waals surface area contributed by atoms with Gasteiger partial charge in [0.15, 0.2) is 0 Å². The quantitative estimate of drug-likeness (QED) is 0.611. The molecule has 0 aliphatic heterocycles. The summed E-state index contributed by atoms with van der Waals surface area (Å²) >= 11 is 5.21. The van der Waals surface area contributed by atoms with Gasteiger partial charge in [-0.05, 0) is 6.42 Å². The van der Waals surface area contributed by atoms with E-state index in [1.807, 2.05) is 6.92 Å². The molecule has 56 valence electrons. The van der Waals surface area contributed by atoms with Crippen LogP contribution in [-0.2, 0) is 13.6 Å². The van der Waals surface area contributed by atoms with Crippen LogP contribution in [0.5, 0.6) is 0 Å². The summed E-state index contributed by atoms with van der Waals surface area (Å²) in [7, 11) is 1.25. The van der Waals surface area contributed by atoms with Crippen molar-refractivity contribution < 1.29 is 13.6 Å². The Morgan fingerprint density at radius 2 is 2.22 bits per heavy atom. The van der Waals surface area contributed by atoms with Gasteiger partial charge in [-0.2, -0.15) is 0 Å². The van der Waals surface area contributed by atoms with Gasteiger partial charge in [-0.3, -0.25) is 4.52 Å². The zero-order valence-electron chi connectivity index (χ0n) is 5.46. The van der Waals surface area contributed by atoms with E-state index in [1.165, 1.54) is 7.11 Å². The van der Waals surface area contributed by atoms with Crippen LogP contribution < -0.4 is 0 Å². The highest BCUT2D eigenvalue weighted by Gasteiger charge is 2.16. The zero-order chi connectivity index (χ0) is 7.33. The lowest BCUT2D eigenvalue weighted by molar-refractivity contribution is 0.249. The Bertz CT molecular complexity index is 116. The molecule has 5 heteroatoms. The molecule has 0 aromatic heterocycles. The van der Waals surface area contributed by atoms with Crippen LogP contribution in [0, 0.1) is 0 Å². The molecule has 0 aliphatic carbocycles. The van der Waals surface area contributed by atoms with Crippen LogP contribution in [0.15, 0.2) is 0 Å². The fourth-order valence-electron chi connectivity index (χ4n) is 0.253. The van der Waals surface area contributed by atoms with E-state index in [1.54, 1.807) is 0 Å². The Balaban J connectivity index is 3.46. The zero-order valence-corrected chi connectivity index (χ0v) is 7.11. The Morgan fingerprint density at radius 1 is 1.67 bits per heavy atom.